The number of ether oxygens (including phenoxy) is 1. The Hall–Kier alpha value is -2.55. The van der Waals surface area contributed by atoms with Gasteiger partial charge in [-0.1, -0.05) is 12.1 Å². The number of anilines is 2. The number of H-pyrrole nitrogens is 1. The third-order valence-electron chi connectivity index (χ3n) is 2.43. The monoisotopic (exact) mass is 296 g/mol. The van der Waals surface area contributed by atoms with Crippen LogP contribution in [0.15, 0.2) is 40.2 Å². The summed E-state index contributed by atoms with van der Waals surface area (Å²) in [6.07, 6.45) is 1.12. The highest BCUT2D eigenvalue weighted by molar-refractivity contribution is 7.92. The molecular weight excluding hydrogens is 284 g/mol. The Morgan fingerprint density at radius 1 is 1.35 bits per heavy atom. The van der Waals surface area contributed by atoms with Gasteiger partial charge in [0, 0.05) is 0 Å². The average molecular weight is 296 g/mol. The van der Waals surface area contributed by atoms with Gasteiger partial charge in [0.2, 0.25) is 11.7 Å². The minimum atomic E-state index is -3.93. The highest BCUT2D eigenvalue weighted by Gasteiger charge is 2.18. The number of hydrogen-bond acceptors (Lipinski definition) is 6. The first-order valence-electron chi connectivity index (χ1n) is 5.44. The fourth-order valence-corrected chi connectivity index (χ4v) is 2.59. The van der Waals surface area contributed by atoms with Crippen LogP contribution in [0, 0.1) is 0 Å². The molecule has 0 spiro atoms. The lowest BCUT2D eigenvalue weighted by atomic mass is 10.3. The Kier molecular flexibility index (Phi) is 3.61. The Balaban J connectivity index is 2.36. The summed E-state index contributed by atoms with van der Waals surface area (Å²) >= 11 is 0. The molecule has 1 aromatic carbocycles. The van der Waals surface area contributed by atoms with E-state index in [0.717, 1.165) is 6.20 Å². The lowest BCUT2D eigenvalue weighted by molar-refractivity contribution is 0.406. The molecule has 0 bridgehead atoms. The summed E-state index contributed by atoms with van der Waals surface area (Å²) in [5.41, 5.74) is 5.10. The van der Waals surface area contributed by atoms with Gasteiger partial charge < -0.3 is 10.5 Å². The molecular formula is C11H12N4O4S. The van der Waals surface area contributed by atoms with E-state index < -0.39 is 15.6 Å². The first kappa shape index (κ1) is 13.9. The molecule has 2 rings (SSSR count). The molecule has 0 aliphatic carbocycles. The van der Waals surface area contributed by atoms with Crippen LogP contribution in [0.25, 0.3) is 0 Å². The van der Waals surface area contributed by atoms with Crippen molar-refractivity contribution < 1.29 is 13.2 Å². The van der Waals surface area contributed by atoms with Gasteiger partial charge in [0.25, 0.3) is 15.6 Å². The van der Waals surface area contributed by atoms with Crippen LogP contribution in [0.1, 0.15) is 0 Å². The summed E-state index contributed by atoms with van der Waals surface area (Å²) in [6.45, 7) is 0. The molecule has 0 fully saturated rings. The number of sulfonamides is 1. The van der Waals surface area contributed by atoms with Gasteiger partial charge in [-0.2, -0.15) is 0 Å². The predicted octanol–water partition coefficient (Wildman–Crippen LogP) is 0.162. The fourth-order valence-electron chi connectivity index (χ4n) is 1.49. The van der Waals surface area contributed by atoms with Crippen molar-refractivity contribution in [3.05, 3.63) is 40.8 Å². The number of para-hydroxylation sites is 1. The number of aromatic nitrogens is 2. The van der Waals surface area contributed by atoms with Gasteiger partial charge in [-0.05, 0) is 12.1 Å². The maximum atomic E-state index is 12.1. The lowest BCUT2D eigenvalue weighted by Gasteiger charge is -2.09. The van der Waals surface area contributed by atoms with Crippen molar-refractivity contribution >= 4 is 21.7 Å². The Labute approximate surface area is 114 Å². The zero-order valence-corrected chi connectivity index (χ0v) is 11.3. The summed E-state index contributed by atoms with van der Waals surface area (Å²) in [5.74, 6) is -0.244. The molecule has 0 unspecified atom stereocenters. The highest BCUT2D eigenvalue weighted by atomic mass is 32.2. The standard InChI is InChI=1S/C11H12N4O4S/c1-19-8-6-13-11(14-10(8)16)15-20(17,18)9-5-3-2-4-7(9)12/h2-6H,12H2,1H3,(H2,13,14,15,16). The van der Waals surface area contributed by atoms with Gasteiger partial charge in [0.05, 0.1) is 19.0 Å². The van der Waals surface area contributed by atoms with E-state index in [4.69, 9.17) is 10.5 Å². The molecule has 9 heteroatoms. The maximum absolute atomic E-state index is 12.1. The number of nitrogens with zero attached hydrogens (tertiary/aromatic N) is 1. The fraction of sp³-hybridized carbons (Fsp3) is 0.0909. The van der Waals surface area contributed by atoms with Crippen molar-refractivity contribution in [2.45, 2.75) is 4.90 Å². The average Bonchev–Trinajstić information content (AvgIpc) is 2.38. The van der Waals surface area contributed by atoms with Gasteiger partial charge in [-0.15, -0.1) is 0 Å². The smallest absolute Gasteiger partial charge is 0.294 e. The summed E-state index contributed by atoms with van der Waals surface area (Å²) in [7, 11) is -2.62. The number of nitrogens with two attached hydrogens (primary N) is 1. The van der Waals surface area contributed by atoms with Crippen molar-refractivity contribution in [3.63, 3.8) is 0 Å². The molecule has 0 aliphatic rings. The number of rotatable bonds is 4. The van der Waals surface area contributed by atoms with E-state index >= 15 is 0 Å². The van der Waals surface area contributed by atoms with E-state index in [2.05, 4.69) is 14.7 Å². The number of methoxy groups -OCH3 is 1. The van der Waals surface area contributed by atoms with Crippen LogP contribution in [-0.2, 0) is 10.0 Å². The first-order valence-corrected chi connectivity index (χ1v) is 6.93. The van der Waals surface area contributed by atoms with Gasteiger partial charge in [0.15, 0.2) is 0 Å². The highest BCUT2D eigenvalue weighted by Crippen LogP contribution is 2.19. The van der Waals surface area contributed by atoms with E-state index in [0.29, 0.717) is 0 Å². The number of nitrogen functional groups attached to an aromatic ring is 1. The molecule has 0 atom stereocenters. The van der Waals surface area contributed by atoms with Gasteiger partial charge in [-0.3, -0.25) is 9.78 Å². The number of aromatic amines is 1. The molecule has 0 aliphatic heterocycles. The molecule has 1 aromatic heterocycles. The van der Waals surface area contributed by atoms with Crippen molar-refractivity contribution in [2.75, 3.05) is 17.6 Å². The molecule has 0 saturated carbocycles. The van der Waals surface area contributed by atoms with E-state index in [-0.39, 0.29) is 22.3 Å². The van der Waals surface area contributed by atoms with Crippen molar-refractivity contribution in [1.82, 2.24) is 9.97 Å². The first-order chi connectivity index (χ1) is 9.44. The quantitative estimate of drug-likeness (QED) is 0.690. The lowest BCUT2D eigenvalue weighted by Crippen LogP contribution is -2.20. The summed E-state index contributed by atoms with van der Waals surface area (Å²) in [4.78, 5) is 17.4. The van der Waals surface area contributed by atoms with E-state index in [1.54, 1.807) is 6.07 Å². The van der Waals surface area contributed by atoms with Crippen LogP contribution in [0.4, 0.5) is 11.6 Å². The normalized spacial score (nSPS) is 11.1. The molecule has 20 heavy (non-hydrogen) atoms. The second-order valence-electron chi connectivity index (χ2n) is 3.77. The van der Waals surface area contributed by atoms with Gasteiger partial charge in [-0.25, -0.2) is 18.1 Å². The summed E-state index contributed by atoms with van der Waals surface area (Å²) in [6, 6.07) is 5.95. The maximum Gasteiger partial charge on any atom is 0.294 e. The van der Waals surface area contributed by atoms with Crippen molar-refractivity contribution in [3.8, 4) is 5.75 Å². The van der Waals surface area contributed by atoms with Gasteiger partial charge >= 0.3 is 0 Å². The summed E-state index contributed by atoms with van der Waals surface area (Å²) < 4.78 is 31.1. The van der Waals surface area contributed by atoms with E-state index in [1.807, 2.05) is 0 Å². The van der Waals surface area contributed by atoms with Crippen molar-refractivity contribution in [2.24, 2.45) is 0 Å². The molecule has 8 nitrogen and oxygen atoms in total. The van der Waals surface area contributed by atoms with Crippen LogP contribution in [0.3, 0.4) is 0 Å². The number of hydrogen-bond donors (Lipinski definition) is 3. The van der Waals surface area contributed by atoms with Crippen molar-refractivity contribution in [1.29, 1.82) is 0 Å². The third-order valence-corrected chi connectivity index (χ3v) is 3.84. The molecule has 0 radical (unpaired) electrons. The Morgan fingerprint density at radius 3 is 2.65 bits per heavy atom. The van der Waals surface area contributed by atoms with Crippen LogP contribution in [0.2, 0.25) is 0 Å². The number of benzene rings is 1. The zero-order valence-electron chi connectivity index (χ0n) is 10.5. The molecule has 106 valence electrons. The predicted molar refractivity (Wildman–Crippen MR) is 73.1 cm³/mol. The van der Waals surface area contributed by atoms with E-state index in [9.17, 15) is 13.2 Å². The second kappa shape index (κ2) is 5.21. The minimum absolute atomic E-state index is 0.0211. The zero-order chi connectivity index (χ0) is 14.8. The minimum Gasteiger partial charge on any atom is -0.490 e. The topological polar surface area (TPSA) is 127 Å². The molecule has 0 amide bonds. The Morgan fingerprint density at radius 2 is 2.05 bits per heavy atom. The molecule has 4 N–H and O–H groups in total. The number of nitrogens with one attached hydrogen (secondary N) is 2. The SMILES string of the molecule is COc1cnc(NS(=O)(=O)c2ccccc2N)[nH]c1=O. The molecule has 0 saturated heterocycles. The largest absolute Gasteiger partial charge is 0.490 e. The second-order valence-corrected chi connectivity index (χ2v) is 5.42. The van der Waals surface area contributed by atoms with Gasteiger partial charge in [0.1, 0.15) is 4.90 Å². The molecule has 1 heterocycles. The van der Waals surface area contributed by atoms with Crippen LogP contribution in [0.5, 0.6) is 5.75 Å². The summed E-state index contributed by atoms with van der Waals surface area (Å²) in [5, 5.41) is 0. The van der Waals surface area contributed by atoms with Crippen LogP contribution in [-0.4, -0.2) is 25.5 Å². The van der Waals surface area contributed by atoms with Crippen LogP contribution >= 0.6 is 0 Å². The van der Waals surface area contributed by atoms with Crippen LogP contribution < -0.4 is 20.8 Å². The Bertz CT molecular complexity index is 785. The molecule has 2 aromatic rings. The van der Waals surface area contributed by atoms with E-state index in [1.165, 1.54) is 25.3 Å². The third kappa shape index (κ3) is 2.72.